The number of benzene rings is 2. The summed E-state index contributed by atoms with van der Waals surface area (Å²) in [5.41, 5.74) is 1.37. The zero-order valence-electron chi connectivity index (χ0n) is 19.8. The first-order valence-electron chi connectivity index (χ1n) is 11.6. The molecule has 4 amide bonds. The van der Waals surface area contributed by atoms with Crippen molar-refractivity contribution in [3.63, 3.8) is 0 Å². The Morgan fingerprint density at radius 1 is 1.00 bits per heavy atom. The number of urea groups is 1. The van der Waals surface area contributed by atoms with Crippen LogP contribution < -0.4 is 0 Å². The SMILES string of the molecule is CC(C)C[N+]1=C2N=C(Cc3cccc4ccccc34)C(=O)[N+](CCCCO)=C2C(=O)N(C)C1=O. The molecule has 0 radical (unpaired) electrons. The van der Waals surface area contributed by atoms with Gasteiger partial charge in [0.1, 0.15) is 0 Å². The molecule has 8 nitrogen and oxygen atoms in total. The van der Waals surface area contributed by atoms with E-state index in [1.807, 2.05) is 56.3 Å². The van der Waals surface area contributed by atoms with Crippen LogP contribution in [0.25, 0.3) is 10.8 Å². The highest BCUT2D eigenvalue weighted by Gasteiger charge is 2.53. The molecule has 0 saturated heterocycles. The smallest absolute Gasteiger partial charge is 0.396 e. The molecule has 0 aliphatic carbocycles. The molecular formula is C26H30N4O4+2. The van der Waals surface area contributed by atoms with Crippen LogP contribution in [-0.4, -0.2) is 81.0 Å². The summed E-state index contributed by atoms with van der Waals surface area (Å²) in [4.78, 5) is 45.4. The molecule has 0 saturated carbocycles. The topological polar surface area (TPSA) is 93.1 Å². The predicted molar refractivity (Wildman–Crippen MR) is 130 cm³/mol. The molecule has 4 rings (SSSR count). The molecular weight excluding hydrogens is 432 g/mol. The van der Waals surface area contributed by atoms with E-state index in [0.29, 0.717) is 19.4 Å². The minimum absolute atomic E-state index is 0.00328. The Bertz CT molecular complexity index is 1270. The third-order valence-electron chi connectivity index (χ3n) is 6.07. The van der Waals surface area contributed by atoms with E-state index in [-0.39, 0.29) is 48.7 Å². The standard InChI is InChI=1S/C26H30N4O4/c1-17(2)16-30-23-22(25(33)28(3)26(30)34)29(13-6-7-14-31)24(32)21(27-23)15-19-11-8-10-18-9-4-5-12-20(18)19/h4-5,8-12,17,31H,6-7,13-16H2,1-3H3/q+2. The molecule has 2 aliphatic rings. The highest BCUT2D eigenvalue weighted by Crippen LogP contribution is 2.21. The van der Waals surface area contributed by atoms with Gasteiger partial charge in [-0.3, -0.25) is 0 Å². The van der Waals surface area contributed by atoms with E-state index in [1.165, 1.54) is 16.2 Å². The zero-order valence-corrected chi connectivity index (χ0v) is 19.8. The van der Waals surface area contributed by atoms with Gasteiger partial charge in [0.15, 0.2) is 6.54 Å². The monoisotopic (exact) mass is 462 g/mol. The fourth-order valence-corrected chi connectivity index (χ4v) is 4.39. The molecule has 1 N–H and O–H groups in total. The van der Waals surface area contributed by atoms with Gasteiger partial charge in [-0.2, -0.15) is 9.48 Å². The lowest BCUT2D eigenvalue weighted by Crippen LogP contribution is -2.59. The Balaban J connectivity index is 1.87. The van der Waals surface area contributed by atoms with Gasteiger partial charge < -0.3 is 5.11 Å². The normalized spacial score (nSPS) is 16.7. The average Bonchev–Trinajstić information content (AvgIpc) is 2.82. The van der Waals surface area contributed by atoms with E-state index in [4.69, 9.17) is 0 Å². The summed E-state index contributed by atoms with van der Waals surface area (Å²) < 4.78 is 2.94. The second-order valence-electron chi connectivity index (χ2n) is 9.08. The van der Waals surface area contributed by atoms with E-state index in [2.05, 4.69) is 4.99 Å². The highest BCUT2D eigenvalue weighted by molar-refractivity contribution is 6.69. The maximum Gasteiger partial charge on any atom is 0.451 e. The van der Waals surface area contributed by atoms with Crippen molar-refractivity contribution < 1.29 is 28.6 Å². The quantitative estimate of drug-likeness (QED) is 0.481. The molecule has 0 aromatic heterocycles. The number of unbranched alkanes of at least 4 members (excludes halogenated alkanes) is 1. The molecule has 0 unspecified atom stereocenters. The Kier molecular flexibility index (Phi) is 6.79. The number of fused-ring (bicyclic) bond motifs is 2. The van der Waals surface area contributed by atoms with E-state index >= 15 is 0 Å². The number of hydrogen-bond acceptors (Lipinski definition) is 5. The van der Waals surface area contributed by atoms with Crippen molar-refractivity contribution in [3.8, 4) is 0 Å². The summed E-state index contributed by atoms with van der Waals surface area (Å²) >= 11 is 0. The number of aliphatic hydroxyl groups is 1. The van der Waals surface area contributed by atoms with Crippen LogP contribution in [-0.2, 0) is 16.0 Å². The first kappa shape index (κ1) is 23.6. The van der Waals surface area contributed by atoms with Crippen LogP contribution in [0, 0.1) is 5.92 Å². The van der Waals surface area contributed by atoms with Gasteiger partial charge in [0.2, 0.25) is 5.71 Å². The van der Waals surface area contributed by atoms with Crippen LogP contribution in [0.5, 0.6) is 0 Å². The number of nitrogens with zero attached hydrogens (tertiary/aromatic N) is 4. The summed E-state index contributed by atoms with van der Waals surface area (Å²) in [7, 11) is 1.42. The number of rotatable bonds is 8. The summed E-state index contributed by atoms with van der Waals surface area (Å²) in [5, 5.41) is 11.3. The molecule has 2 aromatic rings. The molecule has 2 heterocycles. The summed E-state index contributed by atoms with van der Waals surface area (Å²) in [6.45, 7) is 4.60. The van der Waals surface area contributed by atoms with Gasteiger partial charge in [-0.25, -0.2) is 14.4 Å². The number of carbonyl (C=O) groups excluding carboxylic acids is 3. The van der Waals surface area contributed by atoms with Crippen LogP contribution in [0.3, 0.4) is 0 Å². The summed E-state index contributed by atoms with van der Waals surface area (Å²) in [5.74, 6) is -0.507. The highest BCUT2D eigenvalue weighted by atomic mass is 16.3. The van der Waals surface area contributed by atoms with Crippen LogP contribution in [0.15, 0.2) is 47.5 Å². The van der Waals surface area contributed by atoms with Crippen molar-refractivity contribution in [2.75, 3.05) is 26.7 Å². The largest absolute Gasteiger partial charge is 0.451 e. The van der Waals surface area contributed by atoms with Gasteiger partial charge in [-0.15, -0.1) is 4.58 Å². The van der Waals surface area contributed by atoms with Crippen molar-refractivity contribution in [3.05, 3.63) is 48.0 Å². The number of amidine groups is 1. The second kappa shape index (κ2) is 9.77. The lowest BCUT2D eigenvalue weighted by atomic mass is 9.99. The van der Waals surface area contributed by atoms with Crippen molar-refractivity contribution in [1.82, 2.24) is 4.90 Å². The molecule has 2 aliphatic heterocycles. The fraction of sp³-hybridized carbons (Fsp3) is 0.385. The van der Waals surface area contributed by atoms with Crippen molar-refractivity contribution in [2.45, 2.75) is 33.1 Å². The molecule has 0 fully saturated rings. The van der Waals surface area contributed by atoms with Crippen LogP contribution >= 0.6 is 0 Å². The number of aliphatic imine (C=N–C) groups is 1. The maximum absolute atomic E-state index is 13.6. The van der Waals surface area contributed by atoms with E-state index in [1.54, 1.807) is 0 Å². The molecule has 2 aromatic carbocycles. The van der Waals surface area contributed by atoms with Crippen LogP contribution in [0.1, 0.15) is 32.3 Å². The predicted octanol–water partition coefficient (Wildman–Crippen LogP) is 2.25. The van der Waals surface area contributed by atoms with Crippen LogP contribution in [0.4, 0.5) is 4.79 Å². The zero-order chi connectivity index (χ0) is 24.4. The molecule has 176 valence electrons. The van der Waals surface area contributed by atoms with Crippen molar-refractivity contribution in [1.29, 1.82) is 0 Å². The number of amides is 4. The molecule has 0 spiro atoms. The van der Waals surface area contributed by atoms with Gasteiger partial charge in [0.05, 0.1) is 13.6 Å². The van der Waals surface area contributed by atoms with Gasteiger partial charge in [0.25, 0.3) is 0 Å². The Hall–Kier alpha value is -3.52. The molecule has 8 heteroatoms. The number of aliphatic hydroxyl groups excluding tert-OH is 1. The van der Waals surface area contributed by atoms with E-state index < -0.39 is 11.9 Å². The summed E-state index contributed by atoms with van der Waals surface area (Å²) in [6, 6.07) is 13.4. The summed E-state index contributed by atoms with van der Waals surface area (Å²) in [6.07, 6.45) is 1.30. The molecule has 0 bridgehead atoms. The Morgan fingerprint density at radius 3 is 2.47 bits per heavy atom. The lowest BCUT2D eigenvalue weighted by molar-refractivity contribution is -0.460. The first-order valence-corrected chi connectivity index (χ1v) is 11.6. The minimum atomic E-state index is -0.537. The Morgan fingerprint density at radius 2 is 1.74 bits per heavy atom. The van der Waals surface area contributed by atoms with Gasteiger partial charge in [-0.05, 0) is 28.7 Å². The van der Waals surface area contributed by atoms with Gasteiger partial charge >= 0.3 is 29.4 Å². The molecule has 0 atom stereocenters. The van der Waals surface area contributed by atoms with E-state index in [9.17, 15) is 19.5 Å². The van der Waals surface area contributed by atoms with Gasteiger partial charge in [-0.1, -0.05) is 61.3 Å². The Labute approximate surface area is 198 Å². The third-order valence-corrected chi connectivity index (χ3v) is 6.07. The lowest BCUT2D eigenvalue weighted by Gasteiger charge is -2.22. The molecule has 34 heavy (non-hydrogen) atoms. The van der Waals surface area contributed by atoms with Crippen molar-refractivity contribution >= 4 is 45.9 Å². The fourth-order valence-electron chi connectivity index (χ4n) is 4.39. The number of imide groups is 1. The number of hydrogen-bond donors (Lipinski definition) is 1. The minimum Gasteiger partial charge on any atom is -0.396 e. The van der Waals surface area contributed by atoms with Crippen molar-refractivity contribution in [2.24, 2.45) is 10.9 Å². The first-order chi connectivity index (χ1) is 16.3. The second-order valence-corrected chi connectivity index (χ2v) is 9.08. The van der Waals surface area contributed by atoms with E-state index in [0.717, 1.165) is 21.2 Å². The third kappa shape index (κ3) is 4.33. The van der Waals surface area contributed by atoms with Gasteiger partial charge in [0, 0.05) is 19.4 Å². The van der Waals surface area contributed by atoms with Crippen LogP contribution in [0.2, 0.25) is 0 Å². The number of carbonyl (C=O) groups is 3. The average molecular weight is 463 g/mol. The maximum atomic E-state index is 13.6.